The molecule has 11 heteroatoms. The number of H-pyrrole nitrogens is 1. The van der Waals surface area contributed by atoms with E-state index < -0.39 is 18.7 Å². The summed E-state index contributed by atoms with van der Waals surface area (Å²) in [6.45, 7) is 1.16. The van der Waals surface area contributed by atoms with Gasteiger partial charge in [-0.15, -0.1) is 0 Å². The number of anilines is 1. The SMILES string of the molecule is COc1ccc(CC(=O)Nc2cc([C@H]3CCC(COC(=O)N[I-]4(C)CCOC4)C3)[nH]n2)cn1. The molecule has 1 saturated heterocycles. The van der Waals surface area contributed by atoms with Crippen molar-refractivity contribution in [3.8, 4) is 5.88 Å². The van der Waals surface area contributed by atoms with Gasteiger partial charge in [-0.2, -0.15) is 0 Å². The van der Waals surface area contributed by atoms with Crippen molar-refractivity contribution < 1.29 is 42.5 Å². The minimum absolute atomic E-state index is 0.158. The van der Waals surface area contributed by atoms with Crippen molar-refractivity contribution in [3.63, 3.8) is 0 Å². The number of nitrogens with one attached hydrogen (secondary N) is 3. The molecule has 4 rings (SSSR count). The van der Waals surface area contributed by atoms with Gasteiger partial charge in [-0.1, -0.05) is 6.07 Å². The van der Waals surface area contributed by atoms with Crippen LogP contribution in [0.3, 0.4) is 0 Å². The molecular formula is C22H31IN5O5-. The fraction of sp³-hybridized carbons (Fsp3) is 0.545. The third-order valence-corrected chi connectivity index (χ3v) is 12.3. The molecule has 1 saturated carbocycles. The average Bonchev–Trinajstić information content (AvgIpc) is 3.54. The minimum atomic E-state index is -2.28. The van der Waals surface area contributed by atoms with Crippen molar-refractivity contribution in [2.45, 2.75) is 31.6 Å². The van der Waals surface area contributed by atoms with E-state index >= 15 is 0 Å². The van der Waals surface area contributed by atoms with E-state index in [4.69, 9.17) is 14.2 Å². The van der Waals surface area contributed by atoms with Gasteiger partial charge in [0.15, 0.2) is 0 Å². The number of hydrogen-bond acceptors (Lipinski definition) is 7. The van der Waals surface area contributed by atoms with Crippen LogP contribution in [-0.2, 0) is 20.7 Å². The van der Waals surface area contributed by atoms with Crippen molar-refractivity contribution in [1.29, 1.82) is 0 Å². The fourth-order valence-electron chi connectivity index (χ4n) is 4.11. The zero-order valence-corrected chi connectivity index (χ0v) is 21.1. The van der Waals surface area contributed by atoms with Gasteiger partial charge in [0.25, 0.3) is 0 Å². The number of halogens is 1. The summed E-state index contributed by atoms with van der Waals surface area (Å²) in [4.78, 5) is 30.8. The van der Waals surface area contributed by atoms with E-state index in [0.29, 0.717) is 34.8 Å². The molecule has 2 amide bonds. The molecule has 182 valence electrons. The zero-order valence-electron chi connectivity index (χ0n) is 18.9. The molecule has 1 aliphatic carbocycles. The number of carbonyl (C=O) groups is 2. The molecule has 2 aliphatic rings. The van der Waals surface area contributed by atoms with Crippen LogP contribution < -0.4 is 32.3 Å². The molecule has 0 bridgehead atoms. The molecule has 2 unspecified atom stereocenters. The Kier molecular flexibility index (Phi) is 7.68. The smallest absolute Gasteiger partial charge is 0.0346 e. The second-order valence-corrected chi connectivity index (χ2v) is 17.6. The Morgan fingerprint density at radius 3 is 2.94 bits per heavy atom. The first-order valence-electron chi connectivity index (χ1n) is 10.9. The summed E-state index contributed by atoms with van der Waals surface area (Å²) in [5, 5.41) is 10.1. The Hall–Kier alpha value is -2.41. The summed E-state index contributed by atoms with van der Waals surface area (Å²) in [6, 6.07) is 5.43. The first kappa shape index (κ1) is 23.7. The number of aromatic amines is 1. The van der Waals surface area contributed by atoms with Crippen molar-refractivity contribution in [1.82, 2.24) is 18.7 Å². The summed E-state index contributed by atoms with van der Waals surface area (Å²) in [6.07, 6.45) is 4.43. The third-order valence-electron chi connectivity index (χ3n) is 5.93. The van der Waals surface area contributed by atoms with Crippen LogP contribution in [0.2, 0.25) is 0 Å². The third kappa shape index (κ3) is 6.56. The Balaban J connectivity index is 1.21. The van der Waals surface area contributed by atoms with Crippen molar-refractivity contribution >= 4 is 17.8 Å². The van der Waals surface area contributed by atoms with E-state index in [1.165, 1.54) is 0 Å². The van der Waals surface area contributed by atoms with E-state index in [9.17, 15) is 9.59 Å². The maximum Gasteiger partial charge on any atom is 0.0346 e. The maximum absolute atomic E-state index is 12.3. The van der Waals surface area contributed by atoms with Crippen molar-refractivity contribution in [2.75, 3.05) is 39.6 Å². The topological polar surface area (TPSA) is 127 Å². The monoisotopic (exact) mass is 572 g/mol. The number of amides is 2. The van der Waals surface area contributed by atoms with Crippen LogP contribution in [0.1, 0.15) is 36.4 Å². The van der Waals surface area contributed by atoms with Gasteiger partial charge in [-0.05, 0) is 5.56 Å². The predicted molar refractivity (Wildman–Crippen MR) is 118 cm³/mol. The molecule has 0 spiro atoms. The summed E-state index contributed by atoms with van der Waals surface area (Å²) in [5.74, 6) is 1.49. The Morgan fingerprint density at radius 2 is 2.21 bits per heavy atom. The van der Waals surface area contributed by atoms with Crippen molar-refractivity contribution in [3.05, 3.63) is 35.7 Å². The molecule has 0 aromatic carbocycles. The number of nitrogens with zero attached hydrogens (tertiary/aromatic N) is 2. The summed E-state index contributed by atoms with van der Waals surface area (Å²) in [5.41, 5.74) is 1.79. The molecule has 3 atom stereocenters. The van der Waals surface area contributed by atoms with Gasteiger partial charge in [0, 0.05) is 12.3 Å². The van der Waals surface area contributed by atoms with Gasteiger partial charge in [-0.25, -0.2) is 4.98 Å². The van der Waals surface area contributed by atoms with E-state index in [-0.39, 0.29) is 18.4 Å². The zero-order chi connectivity index (χ0) is 23.3. The largest absolute Gasteiger partial charge is 0.222 e. The summed E-state index contributed by atoms with van der Waals surface area (Å²) < 4.78 is 20.7. The van der Waals surface area contributed by atoms with Crippen LogP contribution in [0.15, 0.2) is 24.4 Å². The molecule has 2 fully saturated rings. The first-order valence-corrected chi connectivity index (χ1v) is 17.2. The average molecular weight is 572 g/mol. The standard InChI is InChI=1S/C22H31IN5O5/c1-23(7-8-32-14-23)26-22(30)33-13-16-3-5-17(9-16)18-11-19(28-27-18)25-20(29)10-15-4-6-21(31-2)24-12-15/h4,6,11-12,16-17H,3,5,7-10,13-14H2,1-2H3,(H,26,30)(H2,25,27,28,29)/q-1/t16?,17-/m0/s1. The van der Waals surface area contributed by atoms with Gasteiger partial charge >= 0.3 is 140 Å². The van der Waals surface area contributed by atoms with Gasteiger partial charge in [-0.3, -0.25) is 4.79 Å². The number of ether oxygens (including phenoxy) is 3. The van der Waals surface area contributed by atoms with Gasteiger partial charge in [0.1, 0.15) is 0 Å². The fourth-order valence-corrected chi connectivity index (χ4v) is 8.64. The molecule has 0 radical (unpaired) electrons. The van der Waals surface area contributed by atoms with E-state index in [1.54, 1.807) is 19.4 Å². The van der Waals surface area contributed by atoms with Crippen LogP contribution in [0.5, 0.6) is 5.88 Å². The molecule has 33 heavy (non-hydrogen) atoms. The van der Waals surface area contributed by atoms with Crippen LogP contribution in [0, 0.1) is 5.92 Å². The Labute approximate surface area is 197 Å². The number of aromatic nitrogens is 3. The van der Waals surface area contributed by atoms with Crippen LogP contribution in [-0.4, -0.2) is 61.5 Å². The Morgan fingerprint density at radius 1 is 1.33 bits per heavy atom. The van der Waals surface area contributed by atoms with Crippen LogP contribution >= 0.6 is 0 Å². The summed E-state index contributed by atoms with van der Waals surface area (Å²) >= 11 is -2.28. The molecule has 3 heterocycles. The number of alkyl halides is 3. The quantitative estimate of drug-likeness (QED) is 0.217. The van der Waals surface area contributed by atoms with Gasteiger partial charge in [0.2, 0.25) is 5.88 Å². The molecule has 1 aliphatic heterocycles. The minimum Gasteiger partial charge on any atom is -0.222 e. The van der Waals surface area contributed by atoms with Gasteiger partial charge < -0.3 is 4.74 Å². The Bertz CT molecular complexity index is 960. The molecule has 2 aromatic rings. The van der Waals surface area contributed by atoms with E-state index in [1.807, 2.05) is 12.1 Å². The number of rotatable bonds is 8. The van der Waals surface area contributed by atoms with Crippen LogP contribution in [0.25, 0.3) is 0 Å². The molecule has 10 nitrogen and oxygen atoms in total. The first-order chi connectivity index (χ1) is 15.9. The van der Waals surface area contributed by atoms with E-state index in [2.05, 4.69) is 29.0 Å². The second-order valence-electron chi connectivity index (χ2n) is 8.60. The molecule has 3 N–H and O–H groups in total. The molecular weight excluding hydrogens is 541 g/mol. The number of methoxy groups -OCH3 is 1. The summed E-state index contributed by atoms with van der Waals surface area (Å²) in [7, 11) is 1.55. The maximum atomic E-state index is 12.3. The van der Waals surface area contributed by atoms with E-state index in [0.717, 1.165) is 41.6 Å². The van der Waals surface area contributed by atoms with Crippen LogP contribution in [0.4, 0.5) is 10.6 Å². The second kappa shape index (κ2) is 10.7. The van der Waals surface area contributed by atoms with Crippen molar-refractivity contribution in [2.24, 2.45) is 5.92 Å². The number of pyridine rings is 1. The number of hydrogen-bond donors (Lipinski definition) is 3. The predicted octanol–water partition coefficient (Wildman–Crippen LogP) is -0.703. The normalized spacial score (nSPS) is 26.4. The molecule has 2 aromatic heterocycles. The van der Waals surface area contributed by atoms with Gasteiger partial charge in [0.05, 0.1) is 13.5 Å². The number of carbonyl (C=O) groups excluding carboxylic acids is 2.